The van der Waals surface area contributed by atoms with Crippen molar-refractivity contribution < 1.29 is 0 Å². The Morgan fingerprint density at radius 1 is 1.40 bits per heavy atom. The van der Waals surface area contributed by atoms with Gasteiger partial charge >= 0.3 is 0 Å². The largest absolute Gasteiger partial charge is 0.330 e. The third-order valence-corrected chi connectivity index (χ3v) is 4.51. The van der Waals surface area contributed by atoms with Crippen molar-refractivity contribution in [3.05, 3.63) is 33.8 Å². The molecule has 0 radical (unpaired) electrons. The Balaban J connectivity index is 2.36. The van der Waals surface area contributed by atoms with Gasteiger partial charge in [-0.3, -0.25) is 0 Å². The third kappa shape index (κ3) is 1.74. The van der Waals surface area contributed by atoms with Crippen molar-refractivity contribution in [2.45, 2.75) is 26.7 Å². The molecule has 2 atom stereocenters. The van der Waals surface area contributed by atoms with Crippen LogP contribution in [0.3, 0.4) is 0 Å². The van der Waals surface area contributed by atoms with Crippen LogP contribution in [0.5, 0.6) is 0 Å². The molecular formula is C13H18BrN. The molecule has 1 aromatic carbocycles. The molecule has 0 aliphatic heterocycles. The first-order valence-corrected chi connectivity index (χ1v) is 6.24. The number of nitrogens with two attached hydrogens (primary N) is 1. The van der Waals surface area contributed by atoms with E-state index >= 15 is 0 Å². The normalized spacial score (nSPS) is 27.8. The van der Waals surface area contributed by atoms with Gasteiger partial charge in [-0.15, -0.1) is 0 Å². The summed E-state index contributed by atoms with van der Waals surface area (Å²) >= 11 is 3.64. The molecule has 1 saturated carbocycles. The molecule has 1 aliphatic rings. The quantitative estimate of drug-likeness (QED) is 0.873. The molecule has 1 fully saturated rings. The summed E-state index contributed by atoms with van der Waals surface area (Å²) in [5.74, 6) is 1.26. The highest BCUT2D eigenvalue weighted by Gasteiger charge is 2.57. The van der Waals surface area contributed by atoms with Gasteiger partial charge < -0.3 is 5.73 Å². The molecule has 1 nitrogen and oxygen atoms in total. The first-order valence-electron chi connectivity index (χ1n) is 5.44. The summed E-state index contributed by atoms with van der Waals surface area (Å²) in [6, 6.07) is 6.57. The minimum Gasteiger partial charge on any atom is -0.330 e. The number of rotatable bonds is 2. The van der Waals surface area contributed by atoms with Gasteiger partial charge in [-0.2, -0.15) is 0 Å². The van der Waals surface area contributed by atoms with Gasteiger partial charge in [0.15, 0.2) is 0 Å². The first-order chi connectivity index (χ1) is 6.98. The summed E-state index contributed by atoms with van der Waals surface area (Å²) in [6.45, 7) is 7.55. The highest BCUT2D eigenvalue weighted by molar-refractivity contribution is 9.10. The van der Waals surface area contributed by atoms with Crippen molar-refractivity contribution in [3.63, 3.8) is 0 Å². The predicted molar refractivity (Wildman–Crippen MR) is 67.9 cm³/mol. The van der Waals surface area contributed by atoms with Crippen LogP contribution < -0.4 is 5.73 Å². The highest BCUT2D eigenvalue weighted by Crippen LogP contribution is 2.64. The Labute approximate surface area is 100 Å². The Hall–Kier alpha value is -0.340. The smallest absolute Gasteiger partial charge is 0.0210 e. The van der Waals surface area contributed by atoms with E-state index in [0.29, 0.717) is 17.3 Å². The van der Waals surface area contributed by atoms with Crippen LogP contribution in [0.15, 0.2) is 22.7 Å². The Kier molecular flexibility index (Phi) is 2.68. The third-order valence-electron chi connectivity index (χ3n) is 3.79. The van der Waals surface area contributed by atoms with Gasteiger partial charge in [0, 0.05) is 4.47 Å². The second-order valence-corrected chi connectivity index (χ2v) is 6.02. The zero-order chi connectivity index (χ0) is 11.2. The molecule has 15 heavy (non-hydrogen) atoms. The van der Waals surface area contributed by atoms with Crippen LogP contribution in [-0.2, 0) is 0 Å². The maximum absolute atomic E-state index is 5.81. The van der Waals surface area contributed by atoms with Crippen LogP contribution in [0.4, 0.5) is 0 Å². The van der Waals surface area contributed by atoms with Crippen LogP contribution >= 0.6 is 15.9 Å². The van der Waals surface area contributed by atoms with E-state index in [-0.39, 0.29) is 0 Å². The summed E-state index contributed by atoms with van der Waals surface area (Å²) in [7, 11) is 0. The van der Waals surface area contributed by atoms with E-state index in [0.717, 1.165) is 6.54 Å². The molecule has 0 aromatic heterocycles. The molecule has 0 saturated heterocycles. The van der Waals surface area contributed by atoms with Crippen LogP contribution in [0.2, 0.25) is 0 Å². The van der Waals surface area contributed by atoms with E-state index in [4.69, 9.17) is 5.73 Å². The van der Waals surface area contributed by atoms with Gasteiger partial charge in [0.2, 0.25) is 0 Å². The number of benzene rings is 1. The highest BCUT2D eigenvalue weighted by atomic mass is 79.9. The number of halogens is 1. The van der Waals surface area contributed by atoms with E-state index < -0.39 is 0 Å². The van der Waals surface area contributed by atoms with E-state index in [1.165, 1.54) is 15.6 Å². The van der Waals surface area contributed by atoms with Gasteiger partial charge in [-0.25, -0.2) is 0 Å². The molecule has 0 heterocycles. The van der Waals surface area contributed by atoms with Crippen molar-refractivity contribution in [2.24, 2.45) is 17.1 Å². The van der Waals surface area contributed by atoms with E-state index in [2.05, 4.69) is 54.9 Å². The Morgan fingerprint density at radius 3 is 2.60 bits per heavy atom. The van der Waals surface area contributed by atoms with E-state index in [9.17, 15) is 0 Å². The summed E-state index contributed by atoms with van der Waals surface area (Å²) in [6.07, 6.45) is 0. The topological polar surface area (TPSA) is 26.0 Å². The molecule has 1 aliphatic carbocycles. The van der Waals surface area contributed by atoms with Crippen LogP contribution in [0.25, 0.3) is 0 Å². The van der Waals surface area contributed by atoms with Gasteiger partial charge in [0.1, 0.15) is 0 Å². The maximum Gasteiger partial charge on any atom is 0.0210 e. The van der Waals surface area contributed by atoms with Crippen molar-refractivity contribution in [1.29, 1.82) is 0 Å². The molecule has 2 rings (SSSR count). The van der Waals surface area contributed by atoms with Crippen LogP contribution in [-0.4, -0.2) is 6.54 Å². The van der Waals surface area contributed by atoms with E-state index in [1.54, 1.807) is 0 Å². The lowest BCUT2D eigenvalue weighted by Crippen LogP contribution is -2.05. The molecule has 0 spiro atoms. The molecule has 0 amide bonds. The van der Waals surface area contributed by atoms with Gasteiger partial charge in [0.05, 0.1) is 0 Å². The SMILES string of the molecule is Cc1ccc(Br)c([C@@H]2[C@@H](CN)C2(C)C)c1. The standard InChI is InChI=1S/C13H18BrN/c1-8-4-5-11(14)9(6-8)12-10(7-15)13(12,2)3/h4-6,10,12H,7,15H2,1-3H3/t10-,12-/m1/s1. The Morgan fingerprint density at radius 2 is 2.07 bits per heavy atom. The Bertz CT molecular complexity index is 384. The van der Waals surface area contributed by atoms with Crippen molar-refractivity contribution in [1.82, 2.24) is 0 Å². The van der Waals surface area contributed by atoms with Gasteiger partial charge in [0.25, 0.3) is 0 Å². The minimum atomic E-state index is 0.366. The number of hydrogen-bond donors (Lipinski definition) is 1. The lowest BCUT2D eigenvalue weighted by atomic mass is 10.0. The van der Waals surface area contributed by atoms with Crippen LogP contribution in [0.1, 0.15) is 30.9 Å². The minimum absolute atomic E-state index is 0.366. The second kappa shape index (κ2) is 3.60. The van der Waals surface area contributed by atoms with Crippen LogP contribution in [0, 0.1) is 18.3 Å². The molecule has 2 heteroatoms. The lowest BCUT2D eigenvalue weighted by molar-refractivity contribution is 0.558. The molecule has 82 valence electrons. The molecule has 0 bridgehead atoms. The average molecular weight is 268 g/mol. The van der Waals surface area contributed by atoms with Crippen molar-refractivity contribution >= 4 is 15.9 Å². The molecule has 1 aromatic rings. The molecule has 2 N–H and O–H groups in total. The van der Waals surface area contributed by atoms with E-state index in [1.807, 2.05) is 0 Å². The zero-order valence-electron chi connectivity index (χ0n) is 9.55. The average Bonchev–Trinajstić information content (AvgIpc) is 2.72. The van der Waals surface area contributed by atoms with Gasteiger partial charge in [-0.05, 0) is 42.3 Å². The zero-order valence-corrected chi connectivity index (χ0v) is 11.1. The first kappa shape index (κ1) is 11.2. The second-order valence-electron chi connectivity index (χ2n) is 5.17. The summed E-state index contributed by atoms with van der Waals surface area (Å²) in [4.78, 5) is 0. The number of hydrogen-bond acceptors (Lipinski definition) is 1. The molecular weight excluding hydrogens is 250 g/mol. The fraction of sp³-hybridized carbons (Fsp3) is 0.538. The monoisotopic (exact) mass is 267 g/mol. The summed E-state index contributed by atoms with van der Waals surface area (Å²) < 4.78 is 1.22. The number of aryl methyl sites for hydroxylation is 1. The predicted octanol–water partition coefficient (Wildman–Crippen LogP) is 3.46. The summed E-state index contributed by atoms with van der Waals surface area (Å²) in [5.41, 5.74) is 8.93. The maximum atomic E-state index is 5.81. The fourth-order valence-electron chi connectivity index (χ4n) is 2.70. The molecule has 0 unspecified atom stereocenters. The van der Waals surface area contributed by atoms with Gasteiger partial charge in [-0.1, -0.05) is 47.5 Å². The van der Waals surface area contributed by atoms with Crippen molar-refractivity contribution in [3.8, 4) is 0 Å². The lowest BCUT2D eigenvalue weighted by Gasteiger charge is -2.07. The van der Waals surface area contributed by atoms with Crippen molar-refractivity contribution in [2.75, 3.05) is 6.54 Å². The fourth-order valence-corrected chi connectivity index (χ4v) is 3.20. The summed E-state index contributed by atoms with van der Waals surface area (Å²) in [5, 5.41) is 0.